The van der Waals surface area contributed by atoms with Crippen molar-refractivity contribution in [3.05, 3.63) is 225 Å². The molecular formula is C61H40N7OPt-3. The molecular weight excluding hydrogens is 1040 g/mol. The van der Waals surface area contributed by atoms with E-state index in [2.05, 4.69) is 218 Å². The second kappa shape index (κ2) is 16.4. The number of hydrogen-bond donors (Lipinski definition) is 0. The van der Waals surface area contributed by atoms with E-state index in [1.165, 1.54) is 21.5 Å². The van der Waals surface area contributed by atoms with E-state index in [4.69, 9.17) is 9.72 Å². The first kappa shape index (κ1) is 41.7. The zero-order valence-corrected chi connectivity index (χ0v) is 40.3. The topological polar surface area (TPSA) is 56.3 Å². The first-order valence-corrected chi connectivity index (χ1v) is 23.1. The van der Waals surface area contributed by atoms with Crippen LogP contribution in [0.25, 0.3) is 93.7 Å². The molecule has 0 N–H and O–H groups in total. The van der Waals surface area contributed by atoms with Crippen LogP contribution in [0.15, 0.2) is 201 Å². The zero-order valence-electron chi connectivity index (χ0n) is 38.0. The number of aromatic nitrogens is 5. The van der Waals surface area contributed by atoms with Crippen molar-refractivity contribution in [3.63, 3.8) is 0 Å². The van der Waals surface area contributed by atoms with Crippen molar-refractivity contribution in [3.8, 4) is 39.8 Å². The van der Waals surface area contributed by atoms with Crippen LogP contribution in [0.3, 0.4) is 0 Å². The molecule has 8 nitrogen and oxygen atoms in total. The number of fused-ring (bicyclic) bond motifs is 10. The van der Waals surface area contributed by atoms with Crippen LogP contribution in [-0.4, -0.2) is 30.7 Å². The molecule has 0 atom stereocenters. The van der Waals surface area contributed by atoms with E-state index in [1.807, 2.05) is 31.9 Å². The van der Waals surface area contributed by atoms with Crippen LogP contribution in [0.4, 0.5) is 17.1 Å². The molecule has 0 bridgehead atoms. The summed E-state index contributed by atoms with van der Waals surface area (Å²) >= 11 is 0. The summed E-state index contributed by atoms with van der Waals surface area (Å²) in [6.07, 6.45) is 5.55. The number of benzene rings is 8. The van der Waals surface area contributed by atoms with Crippen LogP contribution in [0.1, 0.15) is 5.56 Å². The Morgan fingerprint density at radius 2 is 0.971 bits per heavy atom. The molecule has 8 aromatic carbocycles. The fourth-order valence-corrected chi connectivity index (χ4v) is 10.8. The van der Waals surface area contributed by atoms with E-state index in [9.17, 15) is 0 Å². The van der Waals surface area contributed by atoms with Gasteiger partial charge in [0.2, 0.25) is 0 Å². The van der Waals surface area contributed by atoms with E-state index in [1.54, 1.807) is 12.4 Å². The van der Waals surface area contributed by atoms with Gasteiger partial charge in [0.25, 0.3) is 0 Å². The van der Waals surface area contributed by atoms with Gasteiger partial charge in [-0.05, 0) is 91.8 Å². The maximum atomic E-state index is 6.54. The van der Waals surface area contributed by atoms with Crippen molar-refractivity contribution in [2.45, 2.75) is 6.92 Å². The number of ether oxygens (including phenoxy) is 1. The summed E-state index contributed by atoms with van der Waals surface area (Å²) in [5.74, 6) is 1.82. The minimum absolute atomic E-state index is 0. The molecule has 13 aromatic rings. The molecule has 70 heavy (non-hydrogen) atoms. The second-order valence-electron chi connectivity index (χ2n) is 17.7. The summed E-state index contributed by atoms with van der Waals surface area (Å²) in [6.45, 7) is 4.24. The van der Waals surface area contributed by atoms with Gasteiger partial charge in [-0.25, -0.2) is 4.98 Å². The van der Waals surface area contributed by atoms with Gasteiger partial charge in [0.1, 0.15) is 5.82 Å². The molecule has 5 aromatic heterocycles. The molecule has 1 aliphatic rings. The fourth-order valence-electron chi connectivity index (χ4n) is 10.8. The Labute approximate surface area is 418 Å². The van der Waals surface area contributed by atoms with E-state index in [0.29, 0.717) is 11.5 Å². The Balaban J connectivity index is 0.00000480. The van der Waals surface area contributed by atoms with Gasteiger partial charge in [-0.3, -0.25) is 0 Å². The van der Waals surface area contributed by atoms with Crippen LogP contribution in [0.5, 0.6) is 11.5 Å². The Morgan fingerprint density at radius 3 is 1.54 bits per heavy atom. The molecule has 338 valence electrons. The maximum Gasteiger partial charge on any atom is 0.135 e. The molecule has 0 spiro atoms. The quantitative estimate of drug-likeness (QED) is 0.149. The minimum atomic E-state index is 0. The van der Waals surface area contributed by atoms with Gasteiger partial charge >= 0.3 is 0 Å². The summed E-state index contributed by atoms with van der Waals surface area (Å²) in [5, 5.41) is 7.00. The molecule has 0 saturated carbocycles. The third-order valence-corrected chi connectivity index (χ3v) is 13.7. The molecule has 14 rings (SSSR count). The monoisotopic (exact) mass is 1080 g/mol. The van der Waals surface area contributed by atoms with Crippen molar-refractivity contribution in [1.82, 2.24) is 23.7 Å². The van der Waals surface area contributed by atoms with Gasteiger partial charge in [-0.15, -0.1) is 23.6 Å². The molecule has 0 amide bonds. The second-order valence-corrected chi connectivity index (χ2v) is 17.7. The van der Waals surface area contributed by atoms with Crippen molar-refractivity contribution in [1.29, 1.82) is 0 Å². The van der Waals surface area contributed by atoms with Crippen molar-refractivity contribution < 1.29 is 25.8 Å². The number of nitrogens with zero attached hydrogens (tertiary/aromatic N) is 7. The third kappa shape index (κ3) is 6.33. The van der Waals surface area contributed by atoms with Gasteiger partial charge < -0.3 is 33.2 Å². The summed E-state index contributed by atoms with van der Waals surface area (Å²) in [4.78, 5) is 14.1. The largest absolute Gasteiger partial charge is 0.508 e. The van der Waals surface area contributed by atoms with Crippen LogP contribution >= 0.6 is 0 Å². The van der Waals surface area contributed by atoms with Crippen molar-refractivity contribution >= 4 is 82.5 Å². The van der Waals surface area contributed by atoms with Gasteiger partial charge in [0.15, 0.2) is 0 Å². The molecule has 0 saturated heterocycles. The van der Waals surface area contributed by atoms with E-state index >= 15 is 0 Å². The minimum Gasteiger partial charge on any atom is -0.508 e. The summed E-state index contributed by atoms with van der Waals surface area (Å²) in [5.41, 5.74) is 14.8. The Hall–Kier alpha value is -8.45. The SMILES string of the molecule is Cc1cc(-n2c3[c-]c(Oc4[c-]c(N5[CH-]N(C)c6ccccc65)cnc4)ccc3c3ccccc32)ncc1-c1c(-n2c3ccccc3c3ccccc32)cccc1-n1c2ccccc2c2ccccc21.[Pt]. The first-order chi connectivity index (χ1) is 34.1. The Bertz CT molecular complexity index is 3980. The molecule has 0 fully saturated rings. The van der Waals surface area contributed by atoms with Gasteiger partial charge in [-0.2, -0.15) is 12.7 Å². The predicted octanol–water partition coefficient (Wildman–Crippen LogP) is 14.8. The van der Waals surface area contributed by atoms with E-state index in [-0.39, 0.29) is 21.1 Å². The standard InChI is InChI=1S/C61H40N7O.Pt/c1-39-32-60(68-54-25-12-7-20-47(54)48-31-30-41(34-59(48)68)69-42-33-40(35-62-36-42)65-38-64(2)55-26-13-14-27-56(55)65)63-37-49(39)61-57(66-50-21-8-3-16-43(50)44-17-4-9-22-51(44)66)28-15-29-58(61)67-52-23-10-5-18-45(52)46-19-6-11-24-53(46)67;/h3-32,35-38H,1-2H3;/q-3;. The average Bonchev–Trinajstić information content (AvgIpc) is 4.12. The number of aryl methyl sites for hydroxylation is 1. The van der Waals surface area contributed by atoms with Gasteiger partial charge in [0, 0.05) is 88.3 Å². The number of pyridine rings is 2. The number of para-hydroxylation sites is 7. The molecule has 9 heteroatoms. The summed E-state index contributed by atoms with van der Waals surface area (Å²) in [6, 6.07) is 71.7. The van der Waals surface area contributed by atoms with Crippen molar-refractivity contribution in [2.24, 2.45) is 0 Å². The molecule has 6 heterocycles. The van der Waals surface area contributed by atoms with Crippen molar-refractivity contribution in [2.75, 3.05) is 16.8 Å². The first-order valence-electron chi connectivity index (χ1n) is 23.1. The zero-order chi connectivity index (χ0) is 45.7. The van der Waals surface area contributed by atoms with Crippen LogP contribution in [-0.2, 0) is 21.1 Å². The number of hydrogen-bond acceptors (Lipinski definition) is 5. The molecule has 0 radical (unpaired) electrons. The third-order valence-electron chi connectivity index (χ3n) is 13.7. The fraction of sp³-hybridized carbons (Fsp3) is 0.0328. The number of rotatable bonds is 7. The van der Waals surface area contributed by atoms with Gasteiger partial charge in [0.05, 0.1) is 33.4 Å². The predicted molar refractivity (Wildman–Crippen MR) is 281 cm³/mol. The smallest absolute Gasteiger partial charge is 0.135 e. The number of anilines is 3. The van der Waals surface area contributed by atoms with Crippen LogP contribution in [0, 0.1) is 25.7 Å². The van der Waals surface area contributed by atoms with Crippen LogP contribution in [0.2, 0.25) is 0 Å². The summed E-state index contributed by atoms with van der Waals surface area (Å²) < 4.78 is 13.6. The van der Waals surface area contributed by atoms with Gasteiger partial charge in [-0.1, -0.05) is 127 Å². The Kier molecular flexibility index (Phi) is 9.75. The molecule has 0 aliphatic carbocycles. The maximum absolute atomic E-state index is 6.54. The average molecular weight is 1080 g/mol. The Morgan fingerprint density at radius 1 is 0.471 bits per heavy atom. The van der Waals surface area contributed by atoms with Crippen LogP contribution < -0.4 is 14.5 Å². The van der Waals surface area contributed by atoms with E-state index < -0.39 is 0 Å². The van der Waals surface area contributed by atoms with E-state index in [0.717, 1.165) is 94.8 Å². The molecule has 1 aliphatic heterocycles. The normalized spacial score (nSPS) is 12.5. The summed E-state index contributed by atoms with van der Waals surface area (Å²) in [7, 11) is 2.04. The molecule has 0 unspecified atom stereocenters.